The normalized spacial score (nSPS) is 16.7. The Morgan fingerprint density at radius 3 is 2.64 bits per heavy atom. The van der Waals surface area contributed by atoms with E-state index >= 15 is 0 Å². The van der Waals surface area contributed by atoms with Crippen LogP contribution in [-0.2, 0) is 4.79 Å². The second kappa shape index (κ2) is 5.95. The van der Waals surface area contributed by atoms with Gasteiger partial charge in [-0.05, 0) is 57.9 Å². The first-order valence-electron chi connectivity index (χ1n) is 7.65. The van der Waals surface area contributed by atoms with Gasteiger partial charge < -0.3 is 4.90 Å². The van der Waals surface area contributed by atoms with Crippen LogP contribution >= 0.6 is 0 Å². The number of hydrogen-bond acceptors (Lipinski definition) is 3. The third-order valence-corrected chi connectivity index (χ3v) is 3.85. The molecule has 0 unspecified atom stereocenters. The average Bonchev–Trinajstić information content (AvgIpc) is 2.37. The molecule has 0 fully saturated rings. The molecule has 0 saturated carbocycles. The molecule has 1 aromatic carbocycles. The summed E-state index contributed by atoms with van der Waals surface area (Å²) in [6, 6.07) is 6.71. The van der Waals surface area contributed by atoms with Gasteiger partial charge in [-0.15, -0.1) is 0 Å². The van der Waals surface area contributed by atoms with E-state index in [1.165, 1.54) is 23.7 Å². The van der Waals surface area contributed by atoms with Gasteiger partial charge in [0.25, 0.3) is 0 Å². The van der Waals surface area contributed by atoms with Gasteiger partial charge in [-0.3, -0.25) is 4.79 Å². The van der Waals surface area contributed by atoms with Gasteiger partial charge in [0.05, 0.1) is 11.8 Å². The fourth-order valence-corrected chi connectivity index (χ4v) is 3.29. The molecule has 0 aliphatic carbocycles. The predicted octanol–water partition coefficient (Wildman–Crippen LogP) is 3.57. The van der Waals surface area contributed by atoms with Crippen LogP contribution in [-0.4, -0.2) is 23.7 Å². The molecule has 4 nitrogen and oxygen atoms in total. The van der Waals surface area contributed by atoms with Crippen molar-refractivity contribution in [3.8, 4) is 0 Å². The molecule has 1 aromatic rings. The first-order chi connectivity index (χ1) is 10.2. The molecule has 1 N–H and O–H groups in total. The van der Waals surface area contributed by atoms with Gasteiger partial charge in [0.2, 0.25) is 5.91 Å². The van der Waals surface area contributed by atoms with E-state index in [9.17, 15) is 4.79 Å². The molecule has 0 bridgehead atoms. The molecule has 4 heteroatoms. The maximum absolute atomic E-state index is 10.9. The number of carbonyl (C=O) groups excluding carboxylic acids is 1. The third kappa shape index (κ3) is 3.21. The maximum atomic E-state index is 10.9. The fraction of sp³-hybridized carbons (Fsp3) is 0.444. The number of benzene rings is 1. The van der Waals surface area contributed by atoms with Crippen molar-refractivity contribution >= 4 is 23.4 Å². The molecule has 1 aliphatic rings. The van der Waals surface area contributed by atoms with E-state index in [1.54, 1.807) is 6.21 Å². The zero-order valence-corrected chi connectivity index (χ0v) is 14.3. The molecule has 0 spiro atoms. The zero-order chi connectivity index (χ0) is 16.5. The van der Waals surface area contributed by atoms with Gasteiger partial charge in [-0.25, -0.2) is 5.43 Å². The van der Waals surface area contributed by atoms with Crippen molar-refractivity contribution in [2.45, 2.75) is 53.1 Å². The van der Waals surface area contributed by atoms with Crippen LogP contribution in [0.2, 0.25) is 0 Å². The van der Waals surface area contributed by atoms with Crippen LogP contribution in [0.15, 0.2) is 29.4 Å². The highest BCUT2D eigenvalue weighted by molar-refractivity contribution is 5.88. The fourth-order valence-electron chi connectivity index (χ4n) is 3.29. The van der Waals surface area contributed by atoms with Gasteiger partial charge in [0.15, 0.2) is 0 Å². The molecule has 0 aromatic heterocycles. The van der Waals surface area contributed by atoms with Crippen molar-refractivity contribution in [3.63, 3.8) is 0 Å². The summed E-state index contributed by atoms with van der Waals surface area (Å²) in [6.45, 7) is 12.5. The van der Waals surface area contributed by atoms with Crippen LogP contribution in [0.25, 0.3) is 5.57 Å². The Hall–Kier alpha value is -2.10. The van der Waals surface area contributed by atoms with Crippen LogP contribution in [0, 0.1) is 0 Å². The van der Waals surface area contributed by atoms with E-state index in [-0.39, 0.29) is 11.4 Å². The molecule has 1 amide bonds. The molecule has 2 rings (SSSR count). The molecule has 0 saturated heterocycles. The lowest BCUT2D eigenvalue weighted by Gasteiger charge is -2.46. The molecular formula is C18H25N3O. The van der Waals surface area contributed by atoms with Gasteiger partial charge in [0.1, 0.15) is 0 Å². The van der Waals surface area contributed by atoms with Crippen molar-refractivity contribution in [1.82, 2.24) is 5.43 Å². The number of nitrogens with zero attached hydrogens (tertiary/aromatic N) is 2. The van der Waals surface area contributed by atoms with E-state index in [0.29, 0.717) is 6.04 Å². The minimum Gasteiger partial charge on any atom is -0.360 e. The van der Waals surface area contributed by atoms with Gasteiger partial charge in [-0.2, -0.15) is 5.10 Å². The first-order valence-corrected chi connectivity index (χ1v) is 7.65. The van der Waals surface area contributed by atoms with Crippen molar-refractivity contribution in [1.29, 1.82) is 0 Å². The number of hydrazone groups is 1. The molecule has 118 valence electrons. The monoisotopic (exact) mass is 299 g/mol. The summed E-state index contributed by atoms with van der Waals surface area (Å²) in [7, 11) is 0. The van der Waals surface area contributed by atoms with Crippen LogP contribution in [0.5, 0.6) is 0 Å². The average molecular weight is 299 g/mol. The lowest BCUT2D eigenvalue weighted by atomic mass is 9.87. The summed E-state index contributed by atoms with van der Waals surface area (Å²) in [5.74, 6) is -0.169. The Kier molecular flexibility index (Phi) is 4.40. The summed E-state index contributed by atoms with van der Waals surface area (Å²) in [5, 5.41) is 3.94. The van der Waals surface area contributed by atoms with Crippen LogP contribution < -0.4 is 10.3 Å². The SMILES string of the molecule is CC(=O)N/N=C/c1ccc2c(c1)C(C)=CC(C)(C)N2C(C)C. The van der Waals surface area contributed by atoms with Gasteiger partial charge in [-0.1, -0.05) is 12.1 Å². The number of anilines is 1. The zero-order valence-electron chi connectivity index (χ0n) is 14.3. The molecule has 22 heavy (non-hydrogen) atoms. The standard InChI is InChI=1S/C18H25N3O/c1-12(2)21-17-8-7-15(11-19-20-14(4)22)9-16(17)13(3)10-18(21,5)6/h7-12H,1-6H3,(H,20,22)/b19-11+. The van der Waals surface area contributed by atoms with E-state index in [2.05, 4.69) is 68.3 Å². The van der Waals surface area contributed by atoms with Crippen LogP contribution in [0.3, 0.4) is 0 Å². The van der Waals surface area contributed by atoms with Crippen molar-refractivity contribution in [2.24, 2.45) is 5.10 Å². The van der Waals surface area contributed by atoms with Crippen molar-refractivity contribution in [3.05, 3.63) is 35.4 Å². The van der Waals surface area contributed by atoms with E-state index in [4.69, 9.17) is 0 Å². The Morgan fingerprint density at radius 1 is 1.36 bits per heavy atom. The second-order valence-corrected chi connectivity index (χ2v) is 6.65. The Morgan fingerprint density at radius 2 is 2.05 bits per heavy atom. The molecule has 0 radical (unpaired) electrons. The smallest absolute Gasteiger partial charge is 0.236 e. The van der Waals surface area contributed by atoms with E-state index in [1.807, 2.05) is 6.07 Å². The largest absolute Gasteiger partial charge is 0.360 e. The van der Waals surface area contributed by atoms with Gasteiger partial charge >= 0.3 is 0 Å². The summed E-state index contributed by atoms with van der Waals surface area (Å²) in [5.41, 5.74) is 7.14. The number of amides is 1. The van der Waals surface area contributed by atoms with Crippen molar-refractivity contribution in [2.75, 3.05) is 4.90 Å². The quantitative estimate of drug-likeness (QED) is 0.685. The van der Waals surface area contributed by atoms with E-state index in [0.717, 1.165) is 5.56 Å². The molecule has 1 aliphatic heterocycles. The topological polar surface area (TPSA) is 44.7 Å². The predicted molar refractivity (Wildman–Crippen MR) is 93.2 cm³/mol. The minimum absolute atomic E-state index is 0.00294. The number of hydrogen-bond donors (Lipinski definition) is 1. The Labute approximate surface area is 132 Å². The number of rotatable bonds is 3. The number of allylic oxidation sites excluding steroid dienone is 1. The molecule has 1 heterocycles. The summed E-state index contributed by atoms with van der Waals surface area (Å²) in [4.78, 5) is 13.3. The van der Waals surface area contributed by atoms with Crippen LogP contribution in [0.4, 0.5) is 5.69 Å². The summed E-state index contributed by atoms with van der Waals surface area (Å²) in [6.07, 6.45) is 3.98. The lowest BCUT2D eigenvalue weighted by Crippen LogP contribution is -2.49. The lowest BCUT2D eigenvalue weighted by molar-refractivity contribution is -0.118. The van der Waals surface area contributed by atoms with Gasteiger partial charge in [0, 0.05) is 24.2 Å². The molecule has 0 atom stereocenters. The number of carbonyl (C=O) groups is 1. The Balaban J connectivity index is 2.43. The van der Waals surface area contributed by atoms with Crippen LogP contribution in [0.1, 0.15) is 52.7 Å². The second-order valence-electron chi connectivity index (χ2n) is 6.65. The highest BCUT2D eigenvalue weighted by Crippen LogP contribution is 2.40. The third-order valence-electron chi connectivity index (χ3n) is 3.85. The molecular weight excluding hydrogens is 274 g/mol. The summed E-state index contributed by atoms with van der Waals surface area (Å²) < 4.78 is 0. The van der Waals surface area contributed by atoms with Crippen molar-refractivity contribution < 1.29 is 4.79 Å². The number of fused-ring (bicyclic) bond motifs is 1. The first kappa shape index (κ1) is 16.3. The van der Waals surface area contributed by atoms with E-state index < -0.39 is 0 Å². The number of nitrogens with one attached hydrogen (secondary N) is 1. The summed E-state index contributed by atoms with van der Waals surface area (Å²) >= 11 is 0. The minimum atomic E-state index is -0.169. The Bertz CT molecular complexity index is 642. The highest BCUT2D eigenvalue weighted by Gasteiger charge is 2.32. The highest BCUT2D eigenvalue weighted by atomic mass is 16.2. The maximum Gasteiger partial charge on any atom is 0.236 e.